The lowest BCUT2D eigenvalue weighted by molar-refractivity contribution is 0.697. The van der Waals surface area contributed by atoms with Gasteiger partial charge in [0.2, 0.25) is 5.95 Å². The third kappa shape index (κ3) is 1.99. The van der Waals surface area contributed by atoms with E-state index in [1.807, 2.05) is 0 Å². The fourth-order valence-corrected chi connectivity index (χ4v) is 3.27. The van der Waals surface area contributed by atoms with E-state index in [2.05, 4.69) is 56.3 Å². The molecule has 3 heterocycles. The highest BCUT2D eigenvalue weighted by Crippen LogP contribution is 2.35. The average molecular weight is 295 g/mol. The first-order valence-electron chi connectivity index (χ1n) is 7.49. The molecule has 1 aromatic carbocycles. The molecule has 1 aliphatic rings. The van der Waals surface area contributed by atoms with E-state index in [4.69, 9.17) is 0 Å². The summed E-state index contributed by atoms with van der Waals surface area (Å²) in [6, 6.07) is 8.65. The zero-order valence-corrected chi connectivity index (χ0v) is 12.3. The summed E-state index contributed by atoms with van der Waals surface area (Å²) in [5, 5.41) is 7.17. The fraction of sp³-hybridized carbons (Fsp3) is 0.312. The number of hydrogen-bond donors (Lipinski definition) is 2. The molecule has 2 N–H and O–H groups in total. The van der Waals surface area contributed by atoms with E-state index in [1.54, 1.807) is 0 Å². The molecule has 0 bridgehead atoms. The number of nitrogens with one attached hydrogen (secondary N) is 2. The van der Waals surface area contributed by atoms with Gasteiger partial charge in [-0.05, 0) is 30.9 Å². The highest BCUT2D eigenvalue weighted by atomic mass is 16.1. The summed E-state index contributed by atoms with van der Waals surface area (Å²) in [4.78, 5) is 21.8. The molecule has 0 saturated carbocycles. The van der Waals surface area contributed by atoms with Crippen LogP contribution in [0.5, 0.6) is 0 Å². The standard InChI is InChI=1S/C16H17N5O/c1-10-5-2-3-6-11(10)13-7-4-8-21(13)16-18-14-12(9-17-20-14)15(22)19-16/h2-3,5-6,9,13H,4,7-8H2,1H3,(H2,17,18,19,20,22). The van der Waals surface area contributed by atoms with Gasteiger partial charge in [-0.2, -0.15) is 10.1 Å². The van der Waals surface area contributed by atoms with Gasteiger partial charge in [0.25, 0.3) is 5.56 Å². The van der Waals surface area contributed by atoms with E-state index in [-0.39, 0.29) is 11.6 Å². The van der Waals surface area contributed by atoms with Crippen molar-refractivity contribution in [2.24, 2.45) is 0 Å². The van der Waals surface area contributed by atoms with Crippen LogP contribution < -0.4 is 10.5 Å². The van der Waals surface area contributed by atoms with Crippen LogP contribution in [0, 0.1) is 6.92 Å². The first-order chi connectivity index (χ1) is 10.7. The molecule has 2 aromatic heterocycles. The third-order valence-corrected chi connectivity index (χ3v) is 4.38. The number of rotatable bonds is 2. The molecule has 112 valence electrons. The molecule has 0 amide bonds. The molecule has 6 nitrogen and oxygen atoms in total. The number of aromatic amines is 2. The van der Waals surface area contributed by atoms with Gasteiger partial charge in [0.15, 0.2) is 5.65 Å². The number of aromatic nitrogens is 4. The molecule has 22 heavy (non-hydrogen) atoms. The van der Waals surface area contributed by atoms with Crippen LogP contribution in [0.2, 0.25) is 0 Å². The Kier molecular flexibility index (Phi) is 2.96. The van der Waals surface area contributed by atoms with Crippen molar-refractivity contribution in [2.45, 2.75) is 25.8 Å². The van der Waals surface area contributed by atoms with Crippen molar-refractivity contribution < 1.29 is 0 Å². The lowest BCUT2D eigenvalue weighted by Crippen LogP contribution is -2.27. The predicted molar refractivity (Wildman–Crippen MR) is 85.0 cm³/mol. The molecule has 0 radical (unpaired) electrons. The zero-order chi connectivity index (χ0) is 15.1. The van der Waals surface area contributed by atoms with E-state index in [9.17, 15) is 4.79 Å². The molecule has 1 fully saturated rings. The fourth-order valence-electron chi connectivity index (χ4n) is 3.27. The molecule has 0 aliphatic carbocycles. The quantitative estimate of drug-likeness (QED) is 0.760. The van der Waals surface area contributed by atoms with Crippen molar-refractivity contribution in [3.63, 3.8) is 0 Å². The molecule has 1 saturated heterocycles. The molecule has 6 heteroatoms. The van der Waals surface area contributed by atoms with Gasteiger partial charge in [0, 0.05) is 6.54 Å². The average Bonchev–Trinajstić information content (AvgIpc) is 3.16. The van der Waals surface area contributed by atoms with Crippen LogP contribution in [-0.4, -0.2) is 26.7 Å². The number of hydrogen-bond acceptors (Lipinski definition) is 4. The summed E-state index contributed by atoms with van der Waals surface area (Å²) in [7, 11) is 0. The van der Waals surface area contributed by atoms with Crippen molar-refractivity contribution in [3.05, 3.63) is 51.9 Å². The Bertz CT molecular complexity index is 881. The van der Waals surface area contributed by atoms with Crippen LogP contribution in [0.3, 0.4) is 0 Å². The van der Waals surface area contributed by atoms with E-state index in [0.29, 0.717) is 17.0 Å². The van der Waals surface area contributed by atoms with Crippen LogP contribution in [0.15, 0.2) is 35.3 Å². The van der Waals surface area contributed by atoms with Gasteiger partial charge in [0.1, 0.15) is 5.39 Å². The van der Waals surface area contributed by atoms with Gasteiger partial charge in [-0.3, -0.25) is 14.9 Å². The Labute approximate surface area is 127 Å². The van der Waals surface area contributed by atoms with Crippen molar-refractivity contribution in [3.8, 4) is 0 Å². The lowest BCUT2D eigenvalue weighted by atomic mass is 9.99. The van der Waals surface area contributed by atoms with Crippen molar-refractivity contribution >= 4 is 17.0 Å². The second kappa shape index (κ2) is 4.98. The molecule has 3 aromatic rings. The molecule has 1 atom stereocenters. The maximum absolute atomic E-state index is 12.1. The Morgan fingerprint density at radius 1 is 1.32 bits per heavy atom. The van der Waals surface area contributed by atoms with Crippen LogP contribution in [0.4, 0.5) is 5.95 Å². The SMILES string of the molecule is Cc1ccccc1C1CCCN1c1nc2[nH]ncc2c(=O)[nH]1. The molecular weight excluding hydrogens is 278 g/mol. The van der Waals surface area contributed by atoms with Gasteiger partial charge in [-0.25, -0.2) is 0 Å². The smallest absolute Gasteiger partial charge is 0.263 e. The highest BCUT2D eigenvalue weighted by molar-refractivity contribution is 5.73. The maximum Gasteiger partial charge on any atom is 0.263 e. The predicted octanol–water partition coefficient (Wildman–Crippen LogP) is 2.30. The van der Waals surface area contributed by atoms with Gasteiger partial charge in [0.05, 0.1) is 12.2 Å². The Hall–Kier alpha value is -2.63. The maximum atomic E-state index is 12.1. The summed E-state index contributed by atoms with van der Waals surface area (Å²) in [5.74, 6) is 0.618. The Morgan fingerprint density at radius 2 is 2.18 bits per heavy atom. The second-order valence-corrected chi connectivity index (χ2v) is 5.73. The third-order valence-electron chi connectivity index (χ3n) is 4.38. The van der Waals surface area contributed by atoms with Gasteiger partial charge < -0.3 is 4.90 Å². The summed E-state index contributed by atoms with van der Waals surface area (Å²) < 4.78 is 0. The van der Waals surface area contributed by atoms with Crippen LogP contribution in [0.25, 0.3) is 11.0 Å². The minimum atomic E-state index is -0.149. The summed E-state index contributed by atoms with van der Waals surface area (Å²) in [5.41, 5.74) is 2.95. The Balaban J connectivity index is 1.79. The molecule has 4 rings (SSSR count). The van der Waals surface area contributed by atoms with Crippen molar-refractivity contribution in [2.75, 3.05) is 11.4 Å². The molecule has 1 aliphatic heterocycles. The van der Waals surface area contributed by atoms with Gasteiger partial charge in [-0.15, -0.1) is 0 Å². The molecule has 0 spiro atoms. The molecular formula is C16H17N5O. The topological polar surface area (TPSA) is 77.7 Å². The Morgan fingerprint density at radius 3 is 3.05 bits per heavy atom. The van der Waals surface area contributed by atoms with Crippen molar-refractivity contribution in [1.82, 2.24) is 20.2 Å². The number of benzene rings is 1. The molecule has 1 unspecified atom stereocenters. The van der Waals surface area contributed by atoms with Gasteiger partial charge in [-0.1, -0.05) is 24.3 Å². The van der Waals surface area contributed by atoms with Crippen LogP contribution in [-0.2, 0) is 0 Å². The van der Waals surface area contributed by atoms with Gasteiger partial charge >= 0.3 is 0 Å². The largest absolute Gasteiger partial charge is 0.335 e. The van der Waals surface area contributed by atoms with Crippen LogP contribution in [0.1, 0.15) is 30.0 Å². The first kappa shape index (κ1) is 13.1. The van der Waals surface area contributed by atoms with E-state index in [0.717, 1.165) is 19.4 Å². The minimum absolute atomic E-state index is 0.149. The van der Waals surface area contributed by atoms with E-state index >= 15 is 0 Å². The number of nitrogens with zero attached hydrogens (tertiary/aromatic N) is 3. The number of fused-ring (bicyclic) bond motifs is 1. The second-order valence-electron chi connectivity index (χ2n) is 5.73. The van der Waals surface area contributed by atoms with Crippen molar-refractivity contribution in [1.29, 1.82) is 0 Å². The summed E-state index contributed by atoms with van der Waals surface area (Å²) in [6.07, 6.45) is 3.66. The number of aryl methyl sites for hydroxylation is 1. The monoisotopic (exact) mass is 295 g/mol. The minimum Gasteiger partial charge on any atom is -0.335 e. The number of H-pyrrole nitrogens is 2. The summed E-state index contributed by atoms with van der Waals surface area (Å²) >= 11 is 0. The first-order valence-corrected chi connectivity index (χ1v) is 7.49. The van der Waals surface area contributed by atoms with E-state index < -0.39 is 0 Å². The van der Waals surface area contributed by atoms with E-state index in [1.165, 1.54) is 17.3 Å². The normalized spacial score (nSPS) is 18.2. The zero-order valence-electron chi connectivity index (χ0n) is 12.3. The van der Waals surface area contributed by atoms with Crippen LogP contribution >= 0.6 is 0 Å². The lowest BCUT2D eigenvalue weighted by Gasteiger charge is -2.26. The summed E-state index contributed by atoms with van der Waals surface area (Å²) in [6.45, 7) is 3.02. The highest BCUT2D eigenvalue weighted by Gasteiger charge is 2.29. The number of anilines is 1.